The van der Waals surface area contributed by atoms with Gasteiger partial charge in [0.1, 0.15) is 12.1 Å². The molecule has 2 N–H and O–H groups in total. The summed E-state index contributed by atoms with van der Waals surface area (Å²) in [6.07, 6.45) is 2.12. The van der Waals surface area contributed by atoms with Gasteiger partial charge in [-0.3, -0.25) is 14.4 Å². The van der Waals surface area contributed by atoms with E-state index in [4.69, 9.17) is 27.9 Å². The molecule has 0 saturated carbocycles. The number of carbonyl (C=O) groups is 3. The summed E-state index contributed by atoms with van der Waals surface area (Å²) >= 11 is 11.5. The molecule has 1 heterocycles. The topological polar surface area (TPSA) is 87.7 Å². The van der Waals surface area contributed by atoms with Crippen LogP contribution in [0.2, 0.25) is 10.0 Å². The van der Waals surface area contributed by atoms with Crippen molar-refractivity contribution in [3.63, 3.8) is 0 Å². The van der Waals surface area contributed by atoms with Crippen LogP contribution < -0.4 is 10.6 Å². The Bertz CT molecular complexity index is 727. The van der Waals surface area contributed by atoms with Gasteiger partial charge in [-0.05, 0) is 31.4 Å². The third kappa shape index (κ3) is 6.32. The number of benzene rings is 1. The van der Waals surface area contributed by atoms with Gasteiger partial charge in [0.2, 0.25) is 12.3 Å². The van der Waals surface area contributed by atoms with Crippen molar-refractivity contribution in [2.24, 2.45) is 0 Å². The lowest BCUT2D eigenvalue weighted by Gasteiger charge is -2.32. The number of halogens is 3. The average molecular weight is 434 g/mol. The van der Waals surface area contributed by atoms with Crippen LogP contribution in [0, 0.1) is 5.82 Å². The molecule has 28 heavy (non-hydrogen) atoms. The Hall–Kier alpha value is -1.90. The van der Waals surface area contributed by atoms with Gasteiger partial charge in [0, 0.05) is 26.6 Å². The number of anilines is 1. The minimum absolute atomic E-state index is 0.0388. The molecule has 1 saturated heterocycles. The SMILES string of the molecule is CC(=O)OC1CCN(CC[C@H](NC=O)C(=O)Nc2ccc(Cl)c(Cl)c2F)CC1. The van der Waals surface area contributed by atoms with Crippen LogP contribution in [0.15, 0.2) is 12.1 Å². The number of esters is 1. The van der Waals surface area contributed by atoms with Crippen LogP contribution in [0.5, 0.6) is 0 Å². The molecule has 1 aliphatic heterocycles. The molecule has 1 aliphatic rings. The molecule has 1 aromatic carbocycles. The van der Waals surface area contributed by atoms with Gasteiger partial charge in [-0.15, -0.1) is 0 Å². The largest absolute Gasteiger partial charge is 0.462 e. The maximum absolute atomic E-state index is 14.1. The second-order valence-electron chi connectivity index (χ2n) is 6.49. The first kappa shape index (κ1) is 22.4. The molecule has 1 atom stereocenters. The van der Waals surface area contributed by atoms with E-state index in [0.29, 0.717) is 32.2 Å². The van der Waals surface area contributed by atoms with Crippen molar-refractivity contribution < 1.29 is 23.5 Å². The van der Waals surface area contributed by atoms with E-state index < -0.39 is 17.8 Å². The molecule has 0 aromatic heterocycles. The maximum atomic E-state index is 14.1. The second kappa shape index (κ2) is 10.6. The van der Waals surface area contributed by atoms with Crippen LogP contribution in [-0.4, -0.2) is 55.0 Å². The van der Waals surface area contributed by atoms with Gasteiger partial charge >= 0.3 is 5.97 Å². The lowest BCUT2D eigenvalue weighted by molar-refractivity contribution is -0.148. The molecule has 2 amide bonds. The van der Waals surface area contributed by atoms with E-state index in [-0.39, 0.29) is 27.8 Å². The zero-order valence-corrected chi connectivity index (χ0v) is 16.9. The highest BCUT2D eigenvalue weighted by Crippen LogP contribution is 2.30. The number of hydrogen-bond donors (Lipinski definition) is 2. The molecule has 0 radical (unpaired) electrons. The van der Waals surface area contributed by atoms with Crippen molar-refractivity contribution in [1.82, 2.24) is 10.2 Å². The quantitative estimate of drug-likeness (QED) is 0.373. The fourth-order valence-corrected chi connectivity index (χ4v) is 3.32. The number of nitrogens with one attached hydrogen (secondary N) is 2. The molecule has 0 spiro atoms. The Morgan fingerprint density at radius 2 is 2.04 bits per heavy atom. The number of amides is 2. The molecule has 0 bridgehead atoms. The predicted molar refractivity (Wildman–Crippen MR) is 104 cm³/mol. The third-order valence-corrected chi connectivity index (χ3v) is 5.26. The number of nitrogens with zero attached hydrogens (tertiary/aromatic N) is 1. The minimum Gasteiger partial charge on any atom is -0.462 e. The first-order chi connectivity index (χ1) is 13.3. The van der Waals surface area contributed by atoms with Gasteiger partial charge in [-0.25, -0.2) is 4.39 Å². The summed E-state index contributed by atoms with van der Waals surface area (Å²) in [5, 5.41) is 4.63. The Balaban J connectivity index is 1.89. The van der Waals surface area contributed by atoms with Crippen LogP contribution in [0.1, 0.15) is 26.2 Å². The van der Waals surface area contributed by atoms with E-state index in [1.807, 2.05) is 0 Å². The van der Waals surface area contributed by atoms with Crippen molar-refractivity contribution in [3.05, 3.63) is 28.0 Å². The normalized spacial score (nSPS) is 16.3. The lowest BCUT2D eigenvalue weighted by atomic mass is 10.1. The molecule has 1 fully saturated rings. The molecular formula is C18H22Cl2FN3O4. The fraction of sp³-hybridized carbons (Fsp3) is 0.500. The van der Waals surface area contributed by atoms with Crippen molar-refractivity contribution >= 4 is 47.2 Å². The summed E-state index contributed by atoms with van der Waals surface area (Å²) in [5.41, 5.74) is -0.112. The van der Waals surface area contributed by atoms with Crippen LogP contribution in [0.25, 0.3) is 0 Å². The molecule has 154 valence electrons. The summed E-state index contributed by atoms with van der Waals surface area (Å²) in [6.45, 7) is 3.37. The fourth-order valence-electron chi connectivity index (χ4n) is 3.01. The summed E-state index contributed by atoms with van der Waals surface area (Å²) in [4.78, 5) is 36.4. The van der Waals surface area contributed by atoms with Gasteiger partial charge in [0.15, 0.2) is 5.82 Å². The Morgan fingerprint density at radius 1 is 1.36 bits per heavy atom. The zero-order chi connectivity index (χ0) is 20.7. The van der Waals surface area contributed by atoms with Crippen LogP contribution >= 0.6 is 23.2 Å². The molecule has 10 heteroatoms. The number of rotatable bonds is 8. The van der Waals surface area contributed by atoms with Crippen molar-refractivity contribution in [2.45, 2.75) is 38.3 Å². The van der Waals surface area contributed by atoms with E-state index in [2.05, 4.69) is 15.5 Å². The first-order valence-corrected chi connectivity index (χ1v) is 9.61. The Kier molecular flexibility index (Phi) is 8.47. The van der Waals surface area contributed by atoms with Gasteiger partial charge < -0.3 is 20.3 Å². The van der Waals surface area contributed by atoms with Crippen molar-refractivity contribution in [3.8, 4) is 0 Å². The summed E-state index contributed by atoms with van der Waals surface area (Å²) in [7, 11) is 0. The van der Waals surface area contributed by atoms with Gasteiger partial charge in [-0.1, -0.05) is 23.2 Å². The molecule has 1 aromatic rings. The van der Waals surface area contributed by atoms with Gasteiger partial charge in [0.25, 0.3) is 0 Å². The van der Waals surface area contributed by atoms with Crippen LogP contribution in [-0.2, 0) is 19.1 Å². The number of hydrogen-bond acceptors (Lipinski definition) is 5. The summed E-state index contributed by atoms with van der Waals surface area (Å²) in [5.74, 6) is -1.68. The predicted octanol–water partition coefficient (Wildman–Crippen LogP) is 2.60. The third-order valence-electron chi connectivity index (χ3n) is 4.48. The van der Waals surface area contributed by atoms with Crippen LogP contribution in [0.3, 0.4) is 0 Å². The highest BCUT2D eigenvalue weighted by Gasteiger charge is 2.24. The van der Waals surface area contributed by atoms with E-state index in [1.54, 1.807) is 0 Å². The smallest absolute Gasteiger partial charge is 0.302 e. The highest BCUT2D eigenvalue weighted by atomic mass is 35.5. The molecule has 2 rings (SSSR count). The molecule has 0 unspecified atom stereocenters. The van der Waals surface area contributed by atoms with Gasteiger partial charge in [0.05, 0.1) is 15.7 Å². The second-order valence-corrected chi connectivity index (χ2v) is 7.27. The first-order valence-electron chi connectivity index (χ1n) is 8.85. The van der Waals surface area contributed by atoms with Crippen molar-refractivity contribution in [2.75, 3.05) is 25.0 Å². The lowest BCUT2D eigenvalue weighted by Crippen LogP contribution is -2.44. The average Bonchev–Trinajstić information content (AvgIpc) is 2.66. The number of piperidine rings is 1. The van der Waals surface area contributed by atoms with Crippen molar-refractivity contribution in [1.29, 1.82) is 0 Å². The number of ether oxygens (including phenoxy) is 1. The minimum atomic E-state index is -0.836. The molecule has 0 aliphatic carbocycles. The van der Waals surface area contributed by atoms with E-state index in [1.165, 1.54) is 19.1 Å². The summed E-state index contributed by atoms with van der Waals surface area (Å²) < 4.78 is 19.3. The van der Waals surface area contributed by atoms with E-state index >= 15 is 0 Å². The monoisotopic (exact) mass is 433 g/mol. The van der Waals surface area contributed by atoms with Gasteiger partial charge in [-0.2, -0.15) is 0 Å². The Morgan fingerprint density at radius 3 is 2.64 bits per heavy atom. The molecule has 7 nitrogen and oxygen atoms in total. The van der Waals surface area contributed by atoms with E-state index in [0.717, 1.165) is 13.1 Å². The number of likely N-dealkylation sites (tertiary alicyclic amines) is 1. The molecular weight excluding hydrogens is 412 g/mol. The van der Waals surface area contributed by atoms with Crippen LogP contribution in [0.4, 0.5) is 10.1 Å². The standard InChI is InChI=1S/C18H22Cl2FN3O4/c1-11(26)28-12-4-7-24(8-5-12)9-6-15(22-10-25)18(27)23-14-3-2-13(19)16(20)17(14)21/h2-3,10,12,15H,4-9H2,1H3,(H,22,25)(H,23,27)/t15-/m0/s1. The number of carbonyl (C=O) groups excluding carboxylic acids is 3. The highest BCUT2D eigenvalue weighted by molar-refractivity contribution is 6.42. The Labute approximate surface area is 172 Å². The van der Waals surface area contributed by atoms with E-state index in [9.17, 15) is 18.8 Å². The maximum Gasteiger partial charge on any atom is 0.302 e. The summed E-state index contributed by atoms with van der Waals surface area (Å²) in [6, 6.07) is 1.84. The zero-order valence-electron chi connectivity index (χ0n) is 15.3.